The highest BCUT2D eigenvalue weighted by Crippen LogP contribution is 2.15. The Morgan fingerprint density at radius 2 is 0.784 bits per heavy atom. The molecule has 1 N–H and O–H groups in total. The van der Waals surface area contributed by atoms with Gasteiger partial charge in [0, 0.05) is 6.61 Å². The van der Waals surface area contributed by atoms with E-state index in [0.717, 1.165) is 12.8 Å². The Bertz CT molecular complexity index is 437. The molecule has 0 saturated carbocycles. The third kappa shape index (κ3) is 28.3. The monoisotopic (exact) mass is 525 g/mol. The molecule has 0 bridgehead atoms. The molecule has 3 heteroatoms. The second-order valence-corrected chi connectivity index (χ2v) is 11.3. The SMILES string of the molecule is C=C(OCCCCCCCCCCCCCCC)C(CO)OCCCCCCCCCCCCCCC. The summed E-state index contributed by atoms with van der Waals surface area (Å²) in [7, 11) is 0. The molecule has 222 valence electrons. The van der Waals surface area contributed by atoms with E-state index in [-0.39, 0.29) is 12.7 Å². The Morgan fingerprint density at radius 1 is 0.486 bits per heavy atom. The summed E-state index contributed by atoms with van der Waals surface area (Å²) in [6.45, 7) is 9.90. The van der Waals surface area contributed by atoms with E-state index in [4.69, 9.17) is 9.47 Å². The van der Waals surface area contributed by atoms with Crippen LogP contribution in [0.15, 0.2) is 12.3 Å². The Balaban J connectivity index is 3.40. The van der Waals surface area contributed by atoms with E-state index >= 15 is 0 Å². The fourth-order valence-corrected chi connectivity index (χ4v) is 5.01. The molecule has 1 unspecified atom stereocenters. The molecule has 0 aromatic heterocycles. The van der Waals surface area contributed by atoms with Crippen LogP contribution in [0.4, 0.5) is 0 Å². The summed E-state index contributed by atoms with van der Waals surface area (Å²) in [5, 5.41) is 9.65. The van der Waals surface area contributed by atoms with Crippen LogP contribution in [0.2, 0.25) is 0 Å². The smallest absolute Gasteiger partial charge is 0.137 e. The third-order valence-electron chi connectivity index (χ3n) is 7.63. The average Bonchev–Trinajstić information content (AvgIpc) is 2.91. The third-order valence-corrected chi connectivity index (χ3v) is 7.63. The van der Waals surface area contributed by atoms with Gasteiger partial charge in [-0.05, 0) is 12.8 Å². The molecular formula is C34H68O3. The summed E-state index contributed by atoms with van der Waals surface area (Å²) in [4.78, 5) is 0. The fourth-order valence-electron chi connectivity index (χ4n) is 5.01. The summed E-state index contributed by atoms with van der Waals surface area (Å²) >= 11 is 0. The van der Waals surface area contributed by atoms with Gasteiger partial charge in [-0.2, -0.15) is 0 Å². The zero-order valence-electron chi connectivity index (χ0n) is 25.6. The van der Waals surface area contributed by atoms with Crippen LogP contribution in [-0.2, 0) is 9.47 Å². The van der Waals surface area contributed by atoms with Gasteiger partial charge in [-0.25, -0.2) is 0 Å². The van der Waals surface area contributed by atoms with Crippen molar-refractivity contribution in [2.45, 2.75) is 187 Å². The molecule has 0 rings (SSSR count). The van der Waals surface area contributed by atoms with Crippen LogP contribution in [0.25, 0.3) is 0 Å². The maximum absolute atomic E-state index is 9.65. The van der Waals surface area contributed by atoms with Gasteiger partial charge in [0.25, 0.3) is 0 Å². The highest BCUT2D eigenvalue weighted by atomic mass is 16.5. The zero-order chi connectivity index (χ0) is 27.1. The standard InChI is InChI=1S/C34H68O3/c1-4-6-8-10-12-14-16-18-20-22-24-26-28-30-36-33(3)34(32-35)37-31-29-27-25-23-21-19-17-15-13-11-9-7-5-2/h34-35H,3-32H2,1-2H3. The number of aliphatic hydroxyl groups is 1. The fraction of sp³-hybridized carbons (Fsp3) is 0.941. The Labute approximate surface area is 233 Å². The number of rotatable bonds is 32. The van der Waals surface area contributed by atoms with Crippen molar-refractivity contribution in [2.24, 2.45) is 0 Å². The van der Waals surface area contributed by atoms with E-state index in [0.29, 0.717) is 19.0 Å². The molecule has 0 saturated heterocycles. The summed E-state index contributed by atoms with van der Waals surface area (Å²) < 4.78 is 11.6. The number of unbranched alkanes of at least 4 members (excludes halogenated alkanes) is 24. The van der Waals surface area contributed by atoms with Gasteiger partial charge in [-0.1, -0.05) is 175 Å². The van der Waals surface area contributed by atoms with Gasteiger partial charge in [0.05, 0.1) is 13.2 Å². The number of ether oxygens (including phenoxy) is 2. The number of hydrogen-bond donors (Lipinski definition) is 1. The lowest BCUT2D eigenvalue weighted by Crippen LogP contribution is -2.22. The van der Waals surface area contributed by atoms with Gasteiger partial charge in [0.1, 0.15) is 11.9 Å². The van der Waals surface area contributed by atoms with Crippen LogP contribution in [-0.4, -0.2) is 31.0 Å². The molecule has 0 spiro atoms. The van der Waals surface area contributed by atoms with E-state index in [1.54, 1.807) is 0 Å². The largest absolute Gasteiger partial charge is 0.496 e. The molecule has 0 aliphatic carbocycles. The highest BCUT2D eigenvalue weighted by molar-refractivity contribution is 4.92. The molecule has 0 amide bonds. The first-order valence-electron chi connectivity index (χ1n) is 16.8. The summed E-state index contributed by atoms with van der Waals surface area (Å²) in [6.07, 6.45) is 34.7. The van der Waals surface area contributed by atoms with Crippen molar-refractivity contribution in [1.82, 2.24) is 0 Å². The normalized spacial score (nSPS) is 12.2. The molecule has 0 radical (unpaired) electrons. The second kappa shape index (κ2) is 31.7. The van der Waals surface area contributed by atoms with E-state index in [1.165, 1.54) is 154 Å². The quantitative estimate of drug-likeness (QED) is 0.0702. The Morgan fingerprint density at radius 3 is 1.11 bits per heavy atom. The molecule has 3 nitrogen and oxygen atoms in total. The van der Waals surface area contributed by atoms with Crippen molar-refractivity contribution in [3.8, 4) is 0 Å². The van der Waals surface area contributed by atoms with Gasteiger partial charge in [0.2, 0.25) is 0 Å². The molecule has 0 aromatic rings. The van der Waals surface area contributed by atoms with Crippen LogP contribution < -0.4 is 0 Å². The van der Waals surface area contributed by atoms with E-state index in [9.17, 15) is 5.11 Å². The average molecular weight is 525 g/mol. The summed E-state index contributed by atoms with van der Waals surface area (Å²) in [6, 6.07) is 0. The first-order valence-corrected chi connectivity index (χ1v) is 16.8. The molecular weight excluding hydrogens is 456 g/mol. The molecule has 0 aromatic carbocycles. The first-order chi connectivity index (χ1) is 18.3. The molecule has 1 atom stereocenters. The second-order valence-electron chi connectivity index (χ2n) is 11.3. The summed E-state index contributed by atoms with van der Waals surface area (Å²) in [5.74, 6) is 0.594. The van der Waals surface area contributed by atoms with Gasteiger partial charge < -0.3 is 14.6 Å². The summed E-state index contributed by atoms with van der Waals surface area (Å²) in [5.41, 5.74) is 0. The van der Waals surface area contributed by atoms with Crippen molar-refractivity contribution in [3.63, 3.8) is 0 Å². The molecule has 0 heterocycles. The van der Waals surface area contributed by atoms with Gasteiger partial charge in [0.15, 0.2) is 0 Å². The molecule has 0 fully saturated rings. The minimum absolute atomic E-state index is 0.0458. The van der Waals surface area contributed by atoms with Crippen LogP contribution in [0, 0.1) is 0 Å². The van der Waals surface area contributed by atoms with E-state index < -0.39 is 0 Å². The Kier molecular flexibility index (Phi) is 31.2. The van der Waals surface area contributed by atoms with Crippen LogP contribution in [0.3, 0.4) is 0 Å². The lowest BCUT2D eigenvalue weighted by atomic mass is 10.0. The van der Waals surface area contributed by atoms with Crippen LogP contribution >= 0.6 is 0 Å². The number of aliphatic hydroxyl groups excluding tert-OH is 1. The van der Waals surface area contributed by atoms with Crippen molar-refractivity contribution >= 4 is 0 Å². The Hall–Kier alpha value is -0.540. The van der Waals surface area contributed by atoms with Gasteiger partial charge in [-0.3, -0.25) is 0 Å². The lowest BCUT2D eigenvalue weighted by molar-refractivity contribution is -0.00398. The molecule has 0 aliphatic heterocycles. The van der Waals surface area contributed by atoms with Gasteiger partial charge >= 0.3 is 0 Å². The zero-order valence-corrected chi connectivity index (χ0v) is 25.6. The minimum atomic E-state index is -0.376. The topological polar surface area (TPSA) is 38.7 Å². The first kappa shape index (κ1) is 36.5. The minimum Gasteiger partial charge on any atom is -0.496 e. The highest BCUT2D eigenvalue weighted by Gasteiger charge is 2.13. The predicted octanol–water partition coefficient (Wildman–Crippen LogP) is 11.1. The lowest BCUT2D eigenvalue weighted by Gasteiger charge is -2.19. The van der Waals surface area contributed by atoms with Crippen LogP contribution in [0.1, 0.15) is 181 Å². The van der Waals surface area contributed by atoms with Crippen molar-refractivity contribution in [3.05, 3.63) is 12.3 Å². The number of hydrogen-bond acceptors (Lipinski definition) is 3. The van der Waals surface area contributed by atoms with Crippen molar-refractivity contribution in [2.75, 3.05) is 19.8 Å². The van der Waals surface area contributed by atoms with E-state index in [2.05, 4.69) is 20.4 Å². The predicted molar refractivity (Wildman–Crippen MR) is 163 cm³/mol. The molecule has 37 heavy (non-hydrogen) atoms. The van der Waals surface area contributed by atoms with Crippen molar-refractivity contribution < 1.29 is 14.6 Å². The van der Waals surface area contributed by atoms with Crippen molar-refractivity contribution in [1.29, 1.82) is 0 Å². The van der Waals surface area contributed by atoms with E-state index in [1.807, 2.05) is 0 Å². The molecule has 0 aliphatic rings. The van der Waals surface area contributed by atoms with Gasteiger partial charge in [-0.15, -0.1) is 0 Å². The maximum atomic E-state index is 9.65. The van der Waals surface area contributed by atoms with Crippen LogP contribution in [0.5, 0.6) is 0 Å². The maximum Gasteiger partial charge on any atom is 0.137 e.